The number of hydrogen-bond donors (Lipinski definition) is 2. The van der Waals surface area contributed by atoms with E-state index in [1.807, 2.05) is 13.8 Å². The number of carbonyl (C=O) groups excluding carboxylic acids is 1. The van der Waals surface area contributed by atoms with Gasteiger partial charge in [0, 0.05) is 17.7 Å². The molecule has 1 atom stereocenters. The summed E-state index contributed by atoms with van der Waals surface area (Å²) in [5, 5.41) is 11.9. The Bertz CT molecular complexity index is 423. The molecule has 0 fully saturated rings. The van der Waals surface area contributed by atoms with Gasteiger partial charge in [-0.1, -0.05) is 25.4 Å². The third-order valence-electron chi connectivity index (χ3n) is 2.74. The third kappa shape index (κ3) is 3.96. The summed E-state index contributed by atoms with van der Waals surface area (Å²) in [6, 6.07) is 3.74. The van der Waals surface area contributed by atoms with Crippen LogP contribution in [0.3, 0.4) is 0 Å². The van der Waals surface area contributed by atoms with Gasteiger partial charge in [-0.3, -0.25) is 4.79 Å². The second-order valence-electron chi connectivity index (χ2n) is 4.46. The maximum atomic E-state index is 13.5. The molecular weight excluding hydrogens is 257 g/mol. The summed E-state index contributed by atoms with van der Waals surface area (Å²) >= 11 is 5.62. The highest BCUT2D eigenvalue weighted by atomic mass is 35.5. The maximum Gasteiger partial charge on any atom is 0.254 e. The van der Waals surface area contributed by atoms with Gasteiger partial charge in [-0.2, -0.15) is 0 Å². The molecule has 18 heavy (non-hydrogen) atoms. The summed E-state index contributed by atoms with van der Waals surface area (Å²) in [6.07, 6.45) is 0.443. The van der Waals surface area contributed by atoms with Crippen LogP contribution in [0, 0.1) is 11.7 Å². The Morgan fingerprint density at radius 1 is 1.50 bits per heavy atom. The lowest BCUT2D eigenvalue weighted by Crippen LogP contribution is -2.39. The van der Waals surface area contributed by atoms with E-state index in [9.17, 15) is 9.18 Å². The molecule has 1 amide bonds. The number of aliphatic hydroxyl groups is 1. The first-order chi connectivity index (χ1) is 8.45. The van der Waals surface area contributed by atoms with Crippen molar-refractivity contribution >= 4 is 17.5 Å². The normalized spacial score (nSPS) is 12.6. The van der Waals surface area contributed by atoms with Crippen LogP contribution in [0.2, 0.25) is 5.02 Å². The molecule has 1 aromatic carbocycles. The van der Waals surface area contributed by atoms with E-state index in [-0.39, 0.29) is 29.2 Å². The van der Waals surface area contributed by atoms with Crippen molar-refractivity contribution in [3.8, 4) is 0 Å². The Morgan fingerprint density at radius 3 is 2.67 bits per heavy atom. The van der Waals surface area contributed by atoms with Gasteiger partial charge in [-0.05, 0) is 30.5 Å². The summed E-state index contributed by atoms with van der Waals surface area (Å²) in [4.78, 5) is 11.9. The summed E-state index contributed by atoms with van der Waals surface area (Å²) < 4.78 is 13.5. The van der Waals surface area contributed by atoms with Gasteiger partial charge in [0.2, 0.25) is 0 Å². The van der Waals surface area contributed by atoms with E-state index in [2.05, 4.69) is 5.32 Å². The molecule has 1 rings (SSSR count). The second kappa shape index (κ2) is 6.71. The highest BCUT2D eigenvalue weighted by molar-refractivity contribution is 6.30. The van der Waals surface area contributed by atoms with E-state index in [1.165, 1.54) is 12.1 Å². The Balaban J connectivity index is 2.80. The highest BCUT2D eigenvalue weighted by Gasteiger charge is 2.18. The van der Waals surface area contributed by atoms with Crippen LogP contribution < -0.4 is 5.32 Å². The van der Waals surface area contributed by atoms with Crippen LogP contribution in [-0.2, 0) is 0 Å². The van der Waals surface area contributed by atoms with Gasteiger partial charge < -0.3 is 10.4 Å². The van der Waals surface area contributed by atoms with Crippen molar-refractivity contribution in [3.05, 3.63) is 34.6 Å². The van der Waals surface area contributed by atoms with Gasteiger partial charge in [0.05, 0.1) is 5.56 Å². The molecule has 2 N–H and O–H groups in total. The molecule has 0 aliphatic heterocycles. The molecule has 0 saturated carbocycles. The zero-order valence-electron chi connectivity index (χ0n) is 10.4. The predicted octanol–water partition coefficient (Wildman–Crippen LogP) is 2.62. The van der Waals surface area contributed by atoms with E-state index in [4.69, 9.17) is 16.7 Å². The first-order valence-corrected chi connectivity index (χ1v) is 6.20. The zero-order valence-corrected chi connectivity index (χ0v) is 11.2. The largest absolute Gasteiger partial charge is 0.396 e. The number of amides is 1. The standard InChI is InChI=1S/C13H17ClFNO2/c1-8(2)12(5-6-17)16-13(18)10-4-3-9(14)7-11(10)15/h3-4,7-8,12,17H,5-6H2,1-2H3,(H,16,18). The molecule has 100 valence electrons. The van der Waals surface area contributed by atoms with Gasteiger partial charge in [0.1, 0.15) is 5.82 Å². The van der Waals surface area contributed by atoms with Crippen molar-refractivity contribution in [2.45, 2.75) is 26.3 Å². The minimum Gasteiger partial charge on any atom is -0.396 e. The fourth-order valence-corrected chi connectivity index (χ4v) is 1.79. The van der Waals surface area contributed by atoms with E-state index < -0.39 is 11.7 Å². The van der Waals surface area contributed by atoms with Gasteiger partial charge >= 0.3 is 0 Å². The number of nitrogens with one attached hydrogen (secondary N) is 1. The molecule has 0 aliphatic rings. The van der Waals surface area contributed by atoms with Crippen molar-refractivity contribution in [1.29, 1.82) is 0 Å². The lowest BCUT2D eigenvalue weighted by Gasteiger charge is -2.21. The average molecular weight is 274 g/mol. The number of carbonyl (C=O) groups is 1. The third-order valence-corrected chi connectivity index (χ3v) is 2.97. The zero-order chi connectivity index (χ0) is 13.7. The SMILES string of the molecule is CC(C)C(CCO)NC(=O)c1ccc(Cl)cc1F. The molecule has 0 radical (unpaired) electrons. The van der Waals surface area contributed by atoms with Crippen LogP contribution in [0.4, 0.5) is 4.39 Å². The molecule has 0 heterocycles. The molecule has 3 nitrogen and oxygen atoms in total. The van der Waals surface area contributed by atoms with E-state index in [0.717, 1.165) is 6.07 Å². The minimum atomic E-state index is -0.647. The number of hydrogen-bond acceptors (Lipinski definition) is 2. The molecule has 0 saturated heterocycles. The van der Waals surface area contributed by atoms with Gasteiger partial charge in [-0.25, -0.2) is 4.39 Å². The number of rotatable bonds is 5. The lowest BCUT2D eigenvalue weighted by atomic mass is 10.0. The van der Waals surface area contributed by atoms with Crippen LogP contribution >= 0.6 is 11.6 Å². The maximum absolute atomic E-state index is 13.5. The van der Waals surface area contributed by atoms with Gasteiger partial charge in [0.15, 0.2) is 0 Å². The number of halogens is 2. The summed E-state index contributed by atoms with van der Waals surface area (Å²) in [5.41, 5.74) is -0.0389. The Hall–Kier alpha value is -1.13. The molecule has 5 heteroatoms. The van der Waals surface area contributed by atoms with Gasteiger partial charge in [0.25, 0.3) is 5.91 Å². The van der Waals surface area contributed by atoms with Crippen molar-refractivity contribution in [1.82, 2.24) is 5.32 Å². The summed E-state index contributed by atoms with van der Waals surface area (Å²) in [5.74, 6) is -0.973. The van der Waals surface area contributed by atoms with Crippen LogP contribution in [0.1, 0.15) is 30.6 Å². The summed E-state index contributed by atoms with van der Waals surface area (Å²) in [7, 11) is 0. The first kappa shape index (κ1) is 14.9. The van der Waals surface area contributed by atoms with E-state index in [1.54, 1.807) is 0 Å². The number of aliphatic hydroxyl groups excluding tert-OH is 1. The average Bonchev–Trinajstić information content (AvgIpc) is 2.27. The van der Waals surface area contributed by atoms with Crippen molar-refractivity contribution in [2.75, 3.05) is 6.61 Å². The van der Waals surface area contributed by atoms with Gasteiger partial charge in [-0.15, -0.1) is 0 Å². The number of benzene rings is 1. The van der Waals surface area contributed by atoms with Crippen LogP contribution in [0.25, 0.3) is 0 Å². The Morgan fingerprint density at radius 2 is 2.17 bits per heavy atom. The molecule has 1 unspecified atom stereocenters. The molecule has 0 spiro atoms. The van der Waals surface area contributed by atoms with Crippen molar-refractivity contribution < 1.29 is 14.3 Å². The molecule has 0 bridgehead atoms. The smallest absolute Gasteiger partial charge is 0.254 e. The molecular formula is C13H17ClFNO2. The van der Waals surface area contributed by atoms with Crippen molar-refractivity contribution in [3.63, 3.8) is 0 Å². The summed E-state index contributed by atoms with van der Waals surface area (Å²) in [6.45, 7) is 3.84. The monoisotopic (exact) mass is 273 g/mol. The van der Waals surface area contributed by atoms with E-state index >= 15 is 0 Å². The van der Waals surface area contributed by atoms with E-state index in [0.29, 0.717) is 6.42 Å². The minimum absolute atomic E-state index is 0.0216. The van der Waals surface area contributed by atoms with Crippen LogP contribution in [-0.4, -0.2) is 23.7 Å². The second-order valence-corrected chi connectivity index (χ2v) is 4.90. The topological polar surface area (TPSA) is 49.3 Å². The quantitative estimate of drug-likeness (QED) is 0.866. The highest BCUT2D eigenvalue weighted by Crippen LogP contribution is 2.15. The Labute approximate surface area is 111 Å². The van der Waals surface area contributed by atoms with Crippen molar-refractivity contribution in [2.24, 2.45) is 5.92 Å². The fraction of sp³-hybridized carbons (Fsp3) is 0.462. The molecule has 1 aromatic rings. The lowest BCUT2D eigenvalue weighted by molar-refractivity contribution is 0.0912. The molecule has 0 aliphatic carbocycles. The fourth-order valence-electron chi connectivity index (χ4n) is 1.63. The molecule has 0 aromatic heterocycles. The van der Waals surface area contributed by atoms with Crippen LogP contribution in [0.5, 0.6) is 0 Å². The van der Waals surface area contributed by atoms with Crippen LogP contribution in [0.15, 0.2) is 18.2 Å². The first-order valence-electron chi connectivity index (χ1n) is 5.82. The predicted molar refractivity (Wildman–Crippen MR) is 69.2 cm³/mol. The Kier molecular flexibility index (Phi) is 5.56.